The summed E-state index contributed by atoms with van der Waals surface area (Å²) in [7, 11) is 0. The third kappa shape index (κ3) is 2.73. The zero-order chi connectivity index (χ0) is 14.0. The fraction of sp³-hybridized carbons (Fsp3) is 0.200. The average Bonchev–Trinajstić information content (AvgIpc) is 2.82. The molecule has 0 unspecified atom stereocenters. The van der Waals surface area contributed by atoms with Gasteiger partial charge in [0, 0.05) is 17.4 Å². The van der Waals surface area contributed by atoms with Crippen molar-refractivity contribution in [1.29, 1.82) is 0 Å². The van der Waals surface area contributed by atoms with E-state index >= 15 is 0 Å². The van der Waals surface area contributed by atoms with E-state index in [1.54, 1.807) is 0 Å². The van der Waals surface area contributed by atoms with Crippen molar-refractivity contribution in [2.24, 2.45) is 0 Å². The molecular formula is C15H16N2O2. The van der Waals surface area contributed by atoms with Crippen molar-refractivity contribution in [2.45, 2.75) is 20.8 Å². The second kappa shape index (κ2) is 5.10. The largest absolute Gasteiger partial charge is 0.356 e. The summed E-state index contributed by atoms with van der Waals surface area (Å²) >= 11 is 0. The highest BCUT2D eigenvalue weighted by molar-refractivity contribution is 6.04. The van der Waals surface area contributed by atoms with Crippen LogP contribution in [-0.2, 0) is 0 Å². The van der Waals surface area contributed by atoms with Crippen LogP contribution in [0.5, 0.6) is 0 Å². The molecule has 1 aromatic heterocycles. The summed E-state index contributed by atoms with van der Waals surface area (Å²) in [5.74, 6) is -0.247. The van der Waals surface area contributed by atoms with E-state index in [9.17, 15) is 9.59 Å². The Morgan fingerprint density at radius 3 is 2.32 bits per heavy atom. The summed E-state index contributed by atoms with van der Waals surface area (Å²) in [5.41, 5.74) is 4.86. The van der Waals surface area contributed by atoms with E-state index in [-0.39, 0.29) is 5.91 Å². The third-order valence-electron chi connectivity index (χ3n) is 3.00. The van der Waals surface area contributed by atoms with Crippen LogP contribution in [0.1, 0.15) is 37.5 Å². The summed E-state index contributed by atoms with van der Waals surface area (Å²) in [6.45, 7) is 5.94. The number of H-pyrrole nitrogens is 1. The van der Waals surface area contributed by atoms with Crippen LogP contribution in [0.25, 0.3) is 0 Å². The van der Waals surface area contributed by atoms with Crippen molar-refractivity contribution in [1.82, 2.24) is 4.98 Å². The van der Waals surface area contributed by atoms with Crippen molar-refractivity contribution in [3.05, 3.63) is 52.3 Å². The number of hydrogen-bond acceptors (Lipinski definition) is 2. The van der Waals surface area contributed by atoms with Crippen molar-refractivity contribution in [3.8, 4) is 0 Å². The highest BCUT2D eigenvalue weighted by Gasteiger charge is 2.12. The first kappa shape index (κ1) is 13.1. The topological polar surface area (TPSA) is 62.0 Å². The summed E-state index contributed by atoms with van der Waals surface area (Å²) < 4.78 is 0. The fourth-order valence-corrected chi connectivity index (χ4v) is 2.17. The molecule has 0 aliphatic rings. The normalized spacial score (nSPS) is 10.3. The van der Waals surface area contributed by atoms with Crippen LogP contribution in [0, 0.1) is 20.8 Å². The fourth-order valence-electron chi connectivity index (χ4n) is 2.17. The first-order chi connectivity index (χ1) is 9.01. The number of hydrogen-bond donors (Lipinski definition) is 2. The van der Waals surface area contributed by atoms with Gasteiger partial charge in [-0.25, -0.2) is 0 Å². The average molecular weight is 256 g/mol. The summed E-state index contributed by atoms with van der Waals surface area (Å²) in [6, 6.07) is 5.57. The van der Waals surface area contributed by atoms with Crippen LogP contribution in [0.2, 0.25) is 0 Å². The number of aldehydes is 1. The highest BCUT2D eigenvalue weighted by Crippen LogP contribution is 2.22. The van der Waals surface area contributed by atoms with Gasteiger partial charge in [-0.2, -0.15) is 0 Å². The van der Waals surface area contributed by atoms with Gasteiger partial charge >= 0.3 is 0 Å². The van der Waals surface area contributed by atoms with E-state index in [0.29, 0.717) is 17.5 Å². The number of rotatable bonds is 3. The van der Waals surface area contributed by atoms with Crippen LogP contribution in [-0.4, -0.2) is 17.2 Å². The number of aromatic nitrogens is 1. The van der Waals surface area contributed by atoms with Gasteiger partial charge in [-0.05, 0) is 38.0 Å². The molecule has 2 N–H and O–H groups in total. The molecule has 0 bridgehead atoms. The monoisotopic (exact) mass is 256 g/mol. The Morgan fingerprint density at radius 1 is 1.16 bits per heavy atom. The quantitative estimate of drug-likeness (QED) is 0.829. The molecule has 0 radical (unpaired) electrons. The van der Waals surface area contributed by atoms with E-state index in [2.05, 4.69) is 10.3 Å². The lowest BCUT2D eigenvalue weighted by molar-refractivity contribution is 0.102. The second-order valence-electron chi connectivity index (χ2n) is 4.69. The maximum absolute atomic E-state index is 12.1. The minimum absolute atomic E-state index is 0.247. The van der Waals surface area contributed by atoms with Crippen LogP contribution in [0.4, 0.5) is 5.69 Å². The molecule has 0 aliphatic heterocycles. The minimum atomic E-state index is -0.247. The van der Waals surface area contributed by atoms with Gasteiger partial charge in [0.1, 0.15) is 5.69 Å². The Kier molecular flexibility index (Phi) is 3.51. The van der Waals surface area contributed by atoms with Gasteiger partial charge in [-0.3, -0.25) is 9.59 Å². The van der Waals surface area contributed by atoms with Gasteiger partial charge in [0.15, 0.2) is 6.29 Å². The van der Waals surface area contributed by atoms with E-state index in [1.165, 1.54) is 12.3 Å². The number of nitrogens with one attached hydrogen (secondary N) is 2. The van der Waals surface area contributed by atoms with Crippen molar-refractivity contribution in [2.75, 3.05) is 5.32 Å². The molecule has 1 amide bonds. The second-order valence-corrected chi connectivity index (χ2v) is 4.69. The van der Waals surface area contributed by atoms with Gasteiger partial charge in [-0.1, -0.05) is 17.7 Å². The number of anilines is 1. The van der Waals surface area contributed by atoms with Crippen LogP contribution in [0.3, 0.4) is 0 Å². The standard InChI is InChI=1S/C15H16N2O2/c1-9-4-10(2)14(11(3)5-9)17-15(19)13-6-12(8-18)7-16-13/h4-8,16H,1-3H3,(H,17,19). The minimum Gasteiger partial charge on any atom is -0.356 e. The van der Waals surface area contributed by atoms with Crippen molar-refractivity contribution in [3.63, 3.8) is 0 Å². The molecule has 0 spiro atoms. The predicted molar refractivity (Wildman–Crippen MR) is 74.8 cm³/mol. The van der Waals surface area contributed by atoms with E-state index in [1.807, 2.05) is 32.9 Å². The molecule has 98 valence electrons. The van der Waals surface area contributed by atoms with Gasteiger partial charge in [0.2, 0.25) is 0 Å². The molecule has 0 aliphatic carbocycles. The Bertz CT molecular complexity index is 618. The summed E-state index contributed by atoms with van der Waals surface area (Å²) in [4.78, 5) is 25.5. The lowest BCUT2D eigenvalue weighted by atomic mass is 10.1. The highest BCUT2D eigenvalue weighted by atomic mass is 16.2. The summed E-state index contributed by atoms with van der Waals surface area (Å²) in [6.07, 6.45) is 2.21. The first-order valence-electron chi connectivity index (χ1n) is 6.04. The number of amides is 1. The number of benzene rings is 1. The van der Waals surface area contributed by atoms with Gasteiger partial charge in [-0.15, -0.1) is 0 Å². The third-order valence-corrected chi connectivity index (χ3v) is 3.00. The molecule has 0 fully saturated rings. The van der Waals surface area contributed by atoms with Crippen LogP contribution in [0.15, 0.2) is 24.4 Å². The summed E-state index contributed by atoms with van der Waals surface area (Å²) in [5, 5.41) is 2.87. The van der Waals surface area contributed by atoms with Gasteiger partial charge < -0.3 is 10.3 Å². The molecule has 2 aromatic rings. The zero-order valence-electron chi connectivity index (χ0n) is 11.2. The Hall–Kier alpha value is -2.36. The van der Waals surface area contributed by atoms with E-state index in [0.717, 1.165) is 22.4 Å². The molecule has 1 aromatic carbocycles. The van der Waals surface area contributed by atoms with E-state index < -0.39 is 0 Å². The Labute approximate surface area is 111 Å². The lowest BCUT2D eigenvalue weighted by Crippen LogP contribution is -2.14. The number of aryl methyl sites for hydroxylation is 3. The molecule has 19 heavy (non-hydrogen) atoms. The van der Waals surface area contributed by atoms with Crippen molar-refractivity contribution >= 4 is 17.9 Å². The number of carbonyl (C=O) groups excluding carboxylic acids is 2. The smallest absolute Gasteiger partial charge is 0.272 e. The van der Waals surface area contributed by atoms with Crippen LogP contribution >= 0.6 is 0 Å². The zero-order valence-corrected chi connectivity index (χ0v) is 11.2. The number of carbonyl (C=O) groups is 2. The molecule has 4 heteroatoms. The molecular weight excluding hydrogens is 240 g/mol. The predicted octanol–water partition coefficient (Wildman–Crippen LogP) is 3.00. The first-order valence-corrected chi connectivity index (χ1v) is 6.04. The van der Waals surface area contributed by atoms with Crippen LogP contribution < -0.4 is 5.32 Å². The van der Waals surface area contributed by atoms with E-state index in [4.69, 9.17) is 0 Å². The molecule has 4 nitrogen and oxygen atoms in total. The molecule has 0 atom stereocenters. The maximum atomic E-state index is 12.1. The Morgan fingerprint density at radius 2 is 1.79 bits per heavy atom. The molecule has 0 saturated carbocycles. The molecule has 0 saturated heterocycles. The SMILES string of the molecule is Cc1cc(C)c(NC(=O)c2cc(C=O)c[nH]2)c(C)c1. The molecule has 1 heterocycles. The maximum Gasteiger partial charge on any atom is 0.272 e. The number of aromatic amines is 1. The van der Waals surface area contributed by atoms with Gasteiger partial charge in [0.05, 0.1) is 0 Å². The lowest BCUT2D eigenvalue weighted by Gasteiger charge is -2.12. The molecule has 2 rings (SSSR count). The van der Waals surface area contributed by atoms with Crippen molar-refractivity contribution < 1.29 is 9.59 Å². The van der Waals surface area contributed by atoms with Gasteiger partial charge in [0.25, 0.3) is 5.91 Å². The Balaban J connectivity index is 2.26.